The van der Waals surface area contributed by atoms with Gasteiger partial charge in [0.15, 0.2) is 0 Å². The molecule has 1 heterocycles. The van der Waals surface area contributed by atoms with E-state index in [1.807, 2.05) is 0 Å². The van der Waals surface area contributed by atoms with Gasteiger partial charge >= 0.3 is 0 Å². The van der Waals surface area contributed by atoms with E-state index in [-0.39, 0.29) is 0 Å². The van der Waals surface area contributed by atoms with Gasteiger partial charge in [-0.25, -0.2) is 0 Å². The number of nitrogens with zero attached hydrogens (tertiary/aromatic N) is 1. The Morgan fingerprint density at radius 2 is 0.864 bits per heavy atom. The number of fused-ring (bicyclic) bond motifs is 9. The minimum Gasteiger partial charge on any atom is -0.309 e. The Labute approximate surface area is 343 Å². The molecule has 1 aliphatic carbocycles. The van der Waals surface area contributed by atoms with Gasteiger partial charge in [0, 0.05) is 16.5 Å². The first-order chi connectivity index (χ1) is 29.2. The number of para-hydroxylation sites is 1. The summed E-state index contributed by atoms with van der Waals surface area (Å²) in [4.78, 5) is 0. The Balaban J connectivity index is 0.909. The van der Waals surface area contributed by atoms with E-state index < -0.39 is 0 Å². The van der Waals surface area contributed by atoms with Crippen LogP contribution in [0.2, 0.25) is 0 Å². The number of rotatable bonds is 5. The van der Waals surface area contributed by atoms with Crippen molar-refractivity contribution in [3.63, 3.8) is 0 Å². The standard InChI is InChI=1S/C58H37N/c1-2-13-39(14-3-1)43-31-32-58-56(36-43)52-23-10-11-24-57(52)59(58)45-16-12-15-42(35-45)40-27-29-41(30-28-40)54-37-44-26-25-38(33-53(44)48-19-6-7-20-49(48)54)34-55-50-21-8-4-17-46(50)47-18-5-9-22-51(47)55/h1-37H. The minimum atomic E-state index is 1.15. The van der Waals surface area contributed by atoms with Crippen molar-refractivity contribution in [2.45, 2.75) is 0 Å². The average Bonchev–Trinajstić information content (AvgIpc) is 3.81. The van der Waals surface area contributed by atoms with Crippen molar-refractivity contribution in [3.05, 3.63) is 235 Å². The fraction of sp³-hybridized carbons (Fsp3) is 0. The Kier molecular flexibility index (Phi) is 7.61. The maximum Gasteiger partial charge on any atom is 0.0541 e. The summed E-state index contributed by atoms with van der Waals surface area (Å²) in [6, 6.07) is 80.1. The predicted octanol–water partition coefficient (Wildman–Crippen LogP) is 15.7. The van der Waals surface area contributed by atoms with Crippen LogP contribution in [0.25, 0.3) is 105 Å². The van der Waals surface area contributed by atoms with Crippen LogP contribution in [0.4, 0.5) is 0 Å². The molecule has 10 aromatic carbocycles. The third kappa shape index (κ3) is 5.47. The van der Waals surface area contributed by atoms with Crippen LogP contribution in [0.3, 0.4) is 0 Å². The lowest BCUT2D eigenvalue weighted by Crippen LogP contribution is -1.94. The summed E-state index contributed by atoms with van der Waals surface area (Å²) in [6.07, 6.45) is 2.36. The summed E-state index contributed by atoms with van der Waals surface area (Å²) in [5.41, 5.74) is 18.6. The molecule has 1 nitrogen and oxygen atoms in total. The molecule has 0 atom stereocenters. The SMILES string of the molecule is C(=C1c2ccccc2-c2ccccc21)c1ccc2cc(-c3ccc(-c4cccc(-n5c6ccccc6c6cc(-c7ccccc7)ccc65)c4)cc3)c3ccccc3c2c1. The highest BCUT2D eigenvalue weighted by Crippen LogP contribution is 2.45. The van der Waals surface area contributed by atoms with Gasteiger partial charge in [0.1, 0.15) is 0 Å². The van der Waals surface area contributed by atoms with Crippen LogP contribution in [-0.2, 0) is 0 Å². The van der Waals surface area contributed by atoms with Crippen LogP contribution >= 0.6 is 0 Å². The predicted molar refractivity (Wildman–Crippen MR) is 251 cm³/mol. The fourth-order valence-corrected chi connectivity index (χ4v) is 9.55. The molecule has 0 aliphatic heterocycles. The van der Waals surface area contributed by atoms with Crippen LogP contribution in [0, 0.1) is 0 Å². The molecule has 0 saturated carbocycles. The zero-order chi connectivity index (χ0) is 38.9. The molecule has 0 amide bonds. The Morgan fingerprint density at radius 3 is 1.64 bits per heavy atom. The first kappa shape index (κ1) is 33.4. The van der Waals surface area contributed by atoms with Gasteiger partial charge in [-0.3, -0.25) is 0 Å². The summed E-state index contributed by atoms with van der Waals surface area (Å²) in [5, 5.41) is 7.57. The molecule has 12 rings (SSSR count). The van der Waals surface area contributed by atoms with Crippen LogP contribution in [0.1, 0.15) is 16.7 Å². The average molecular weight is 748 g/mol. The molecule has 274 valence electrons. The van der Waals surface area contributed by atoms with Gasteiger partial charge in [0.05, 0.1) is 11.0 Å². The molecule has 0 fully saturated rings. The molecular formula is C58H37N. The first-order valence-corrected chi connectivity index (χ1v) is 20.4. The molecule has 0 saturated heterocycles. The summed E-state index contributed by atoms with van der Waals surface area (Å²) >= 11 is 0. The van der Waals surface area contributed by atoms with E-state index in [2.05, 4.69) is 229 Å². The third-order valence-electron chi connectivity index (χ3n) is 12.3. The van der Waals surface area contributed by atoms with Crippen molar-refractivity contribution in [2.75, 3.05) is 0 Å². The summed E-state index contributed by atoms with van der Waals surface area (Å²) < 4.78 is 2.41. The van der Waals surface area contributed by atoms with E-state index >= 15 is 0 Å². The van der Waals surface area contributed by atoms with Gasteiger partial charge in [0.25, 0.3) is 0 Å². The molecule has 0 spiro atoms. The molecule has 1 aromatic heterocycles. The first-order valence-electron chi connectivity index (χ1n) is 20.4. The molecule has 0 bridgehead atoms. The second-order valence-corrected chi connectivity index (χ2v) is 15.7. The number of hydrogen-bond acceptors (Lipinski definition) is 0. The van der Waals surface area contributed by atoms with Gasteiger partial charge in [-0.1, -0.05) is 176 Å². The molecule has 11 aromatic rings. The lowest BCUT2D eigenvalue weighted by Gasteiger charge is -2.13. The van der Waals surface area contributed by atoms with Crippen LogP contribution in [-0.4, -0.2) is 4.57 Å². The Hall–Kier alpha value is -7.74. The zero-order valence-electron chi connectivity index (χ0n) is 32.3. The smallest absolute Gasteiger partial charge is 0.0541 e. The van der Waals surface area contributed by atoms with Crippen molar-refractivity contribution in [3.8, 4) is 50.2 Å². The largest absolute Gasteiger partial charge is 0.309 e. The molecule has 0 N–H and O–H groups in total. The molecule has 0 unspecified atom stereocenters. The topological polar surface area (TPSA) is 4.93 Å². The van der Waals surface area contributed by atoms with Gasteiger partial charge in [0.2, 0.25) is 0 Å². The third-order valence-corrected chi connectivity index (χ3v) is 12.3. The summed E-state index contributed by atoms with van der Waals surface area (Å²) in [5.74, 6) is 0. The minimum absolute atomic E-state index is 1.15. The molecular weight excluding hydrogens is 711 g/mol. The van der Waals surface area contributed by atoms with E-state index in [1.165, 1.54) is 110 Å². The number of benzene rings is 10. The lowest BCUT2D eigenvalue weighted by atomic mass is 9.91. The second kappa shape index (κ2) is 13.4. The van der Waals surface area contributed by atoms with E-state index in [0.717, 1.165) is 5.69 Å². The van der Waals surface area contributed by atoms with E-state index in [9.17, 15) is 0 Å². The van der Waals surface area contributed by atoms with Crippen LogP contribution in [0.5, 0.6) is 0 Å². The van der Waals surface area contributed by atoms with Crippen molar-refractivity contribution in [1.82, 2.24) is 4.57 Å². The van der Waals surface area contributed by atoms with Crippen LogP contribution in [0.15, 0.2) is 218 Å². The number of hydrogen-bond donors (Lipinski definition) is 0. The Morgan fingerprint density at radius 1 is 0.288 bits per heavy atom. The Bertz CT molecular complexity index is 3430. The highest BCUT2D eigenvalue weighted by Gasteiger charge is 2.22. The maximum absolute atomic E-state index is 2.41. The molecule has 1 aliphatic rings. The van der Waals surface area contributed by atoms with Gasteiger partial charge in [-0.2, -0.15) is 0 Å². The van der Waals surface area contributed by atoms with Gasteiger partial charge < -0.3 is 4.57 Å². The highest BCUT2D eigenvalue weighted by molar-refractivity contribution is 6.15. The van der Waals surface area contributed by atoms with Crippen molar-refractivity contribution in [1.29, 1.82) is 0 Å². The van der Waals surface area contributed by atoms with Crippen molar-refractivity contribution >= 4 is 55.0 Å². The monoisotopic (exact) mass is 747 g/mol. The normalized spacial score (nSPS) is 12.0. The highest BCUT2D eigenvalue weighted by atomic mass is 15.0. The van der Waals surface area contributed by atoms with Crippen molar-refractivity contribution in [2.24, 2.45) is 0 Å². The summed E-state index contributed by atoms with van der Waals surface area (Å²) in [7, 11) is 0. The van der Waals surface area contributed by atoms with Crippen molar-refractivity contribution < 1.29 is 0 Å². The molecule has 0 radical (unpaired) electrons. The second-order valence-electron chi connectivity index (χ2n) is 15.7. The van der Waals surface area contributed by atoms with Crippen LogP contribution < -0.4 is 0 Å². The van der Waals surface area contributed by atoms with Gasteiger partial charge in [-0.05, 0) is 137 Å². The van der Waals surface area contributed by atoms with E-state index in [0.29, 0.717) is 0 Å². The summed E-state index contributed by atoms with van der Waals surface area (Å²) in [6.45, 7) is 0. The fourth-order valence-electron chi connectivity index (χ4n) is 9.55. The molecule has 1 heteroatoms. The number of aromatic nitrogens is 1. The van der Waals surface area contributed by atoms with E-state index in [4.69, 9.17) is 0 Å². The van der Waals surface area contributed by atoms with E-state index in [1.54, 1.807) is 0 Å². The molecule has 59 heavy (non-hydrogen) atoms. The quantitative estimate of drug-likeness (QED) is 0.155. The zero-order valence-corrected chi connectivity index (χ0v) is 32.3. The van der Waals surface area contributed by atoms with Gasteiger partial charge in [-0.15, -0.1) is 0 Å². The lowest BCUT2D eigenvalue weighted by molar-refractivity contribution is 1.18. The maximum atomic E-state index is 2.41.